The van der Waals surface area contributed by atoms with Crippen molar-refractivity contribution in [2.75, 3.05) is 23.7 Å². The van der Waals surface area contributed by atoms with Crippen LogP contribution in [0.15, 0.2) is 61.2 Å². The molecule has 34 heavy (non-hydrogen) atoms. The highest BCUT2D eigenvalue weighted by Crippen LogP contribution is 2.34. The topological polar surface area (TPSA) is 67.7 Å². The minimum Gasteiger partial charge on any atom is -0.368 e. The summed E-state index contributed by atoms with van der Waals surface area (Å²) in [6, 6.07) is 11.2. The quantitative estimate of drug-likeness (QED) is 0.280. The van der Waals surface area contributed by atoms with Gasteiger partial charge < -0.3 is 15.2 Å². The number of pyridine rings is 2. The van der Waals surface area contributed by atoms with Crippen molar-refractivity contribution >= 4 is 34.8 Å². The summed E-state index contributed by atoms with van der Waals surface area (Å²) in [5, 5.41) is 7.16. The van der Waals surface area contributed by atoms with Crippen LogP contribution in [0.3, 0.4) is 0 Å². The molecule has 0 aliphatic heterocycles. The maximum Gasteiger partial charge on any atom is 0.417 e. The lowest BCUT2D eigenvalue weighted by molar-refractivity contribution is -0.137. The van der Waals surface area contributed by atoms with Gasteiger partial charge in [-0.3, -0.25) is 0 Å². The number of imidazole rings is 1. The standard InChI is InChI=1S/C23H19Cl2F3N6/c1-14-12-34(13-32-14)19-5-7-21(33-22(19)17-4-3-16(24)10-18(17)25)30-9-8-29-20-6-2-15(11-31-20)23(26,27)28/h2-7,10-13H,8-9H2,1H3,(H,29,31)(H,30,33). The first kappa shape index (κ1) is 23.8. The fourth-order valence-electron chi connectivity index (χ4n) is 3.24. The van der Waals surface area contributed by atoms with Crippen LogP contribution in [-0.4, -0.2) is 32.6 Å². The molecule has 0 bridgehead atoms. The van der Waals surface area contributed by atoms with Crippen LogP contribution >= 0.6 is 23.2 Å². The molecule has 0 fully saturated rings. The predicted octanol–water partition coefficient (Wildman–Crippen LogP) is 6.49. The predicted molar refractivity (Wildman–Crippen MR) is 128 cm³/mol. The van der Waals surface area contributed by atoms with Gasteiger partial charge in [-0.1, -0.05) is 23.2 Å². The van der Waals surface area contributed by atoms with E-state index in [9.17, 15) is 13.2 Å². The van der Waals surface area contributed by atoms with Gasteiger partial charge in [0.05, 0.1) is 34.0 Å². The maximum atomic E-state index is 12.7. The molecular weight excluding hydrogens is 488 g/mol. The van der Waals surface area contributed by atoms with Gasteiger partial charge in [0, 0.05) is 36.1 Å². The van der Waals surface area contributed by atoms with Gasteiger partial charge in [-0.15, -0.1) is 0 Å². The molecule has 4 rings (SSSR count). The van der Waals surface area contributed by atoms with Crippen molar-refractivity contribution in [3.8, 4) is 16.9 Å². The summed E-state index contributed by atoms with van der Waals surface area (Å²) in [6.07, 6.45) is -0.0207. The Morgan fingerprint density at radius 2 is 1.68 bits per heavy atom. The molecule has 0 saturated heterocycles. The van der Waals surface area contributed by atoms with Gasteiger partial charge >= 0.3 is 6.18 Å². The van der Waals surface area contributed by atoms with Crippen LogP contribution in [0.2, 0.25) is 10.0 Å². The number of anilines is 2. The maximum absolute atomic E-state index is 12.7. The molecule has 0 unspecified atom stereocenters. The second-order valence-electron chi connectivity index (χ2n) is 7.39. The van der Waals surface area contributed by atoms with E-state index in [1.165, 1.54) is 6.07 Å². The van der Waals surface area contributed by atoms with Gasteiger partial charge in [-0.05, 0) is 49.4 Å². The molecule has 0 saturated carbocycles. The average Bonchev–Trinajstić information content (AvgIpc) is 3.22. The first-order chi connectivity index (χ1) is 16.2. The number of aromatic nitrogens is 4. The van der Waals surface area contributed by atoms with Crippen LogP contribution < -0.4 is 10.6 Å². The Balaban J connectivity index is 1.49. The summed E-state index contributed by atoms with van der Waals surface area (Å²) in [7, 11) is 0. The van der Waals surface area contributed by atoms with Gasteiger partial charge in [-0.25, -0.2) is 15.0 Å². The minimum absolute atomic E-state index is 0.349. The Hall–Kier alpha value is -3.30. The summed E-state index contributed by atoms with van der Waals surface area (Å²) in [4.78, 5) is 12.8. The normalized spacial score (nSPS) is 11.5. The molecule has 4 aromatic rings. The summed E-state index contributed by atoms with van der Waals surface area (Å²) in [6.45, 7) is 2.76. The Morgan fingerprint density at radius 3 is 2.29 bits per heavy atom. The summed E-state index contributed by atoms with van der Waals surface area (Å²) in [5.41, 5.74) is 2.22. The number of hydrogen-bond donors (Lipinski definition) is 2. The Bertz CT molecular complexity index is 1290. The number of aryl methyl sites for hydroxylation is 1. The molecule has 3 aromatic heterocycles. The summed E-state index contributed by atoms with van der Waals surface area (Å²) < 4.78 is 39.8. The number of hydrogen-bond acceptors (Lipinski definition) is 5. The van der Waals surface area contributed by atoms with Gasteiger partial charge in [0.2, 0.25) is 0 Å². The third-order valence-corrected chi connectivity index (χ3v) is 5.43. The van der Waals surface area contributed by atoms with Crippen LogP contribution in [0.1, 0.15) is 11.3 Å². The van der Waals surface area contributed by atoms with Crippen LogP contribution in [0.25, 0.3) is 16.9 Å². The monoisotopic (exact) mass is 506 g/mol. The molecule has 3 heterocycles. The van der Waals surface area contributed by atoms with E-state index in [1.54, 1.807) is 18.5 Å². The van der Waals surface area contributed by atoms with Crippen molar-refractivity contribution in [3.63, 3.8) is 0 Å². The molecule has 0 amide bonds. The molecule has 6 nitrogen and oxygen atoms in total. The Morgan fingerprint density at radius 1 is 0.941 bits per heavy atom. The highest BCUT2D eigenvalue weighted by atomic mass is 35.5. The van der Waals surface area contributed by atoms with Crippen LogP contribution in [-0.2, 0) is 6.18 Å². The first-order valence-electron chi connectivity index (χ1n) is 10.2. The molecule has 11 heteroatoms. The van der Waals surface area contributed by atoms with E-state index < -0.39 is 11.7 Å². The van der Waals surface area contributed by atoms with Crippen molar-refractivity contribution in [2.24, 2.45) is 0 Å². The molecule has 0 aliphatic carbocycles. The highest BCUT2D eigenvalue weighted by Gasteiger charge is 2.30. The van der Waals surface area contributed by atoms with Gasteiger partial charge in [0.1, 0.15) is 11.6 Å². The number of benzene rings is 1. The molecule has 0 atom stereocenters. The minimum atomic E-state index is -4.41. The van der Waals surface area contributed by atoms with Crippen LogP contribution in [0.5, 0.6) is 0 Å². The first-order valence-corrected chi connectivity index (χ1v) is 10.9. The molecule has 1 aromatic carbocycles. The number of nitrogens with one attached hydrogen (secondary N) is 2. The zero-order valence-corrected chi connectivity index (χ0v) is 19.4. The average molecular weight is 507 g/mol. The van der Waals surface area contributed by atoms with Crippen molar-refractivity contribution in [1.29, 1.82) is 0 Å². The second kappa shape index (κ2) is 9.90. The largest absolute Gasteiger partial charge is 0.417 e. The summed E-state index contributed by atoms with van der Waals surface area (Å²) in [5.74, 6) is 0.950. The van der Waals surface area contributed by atoms with E-state index in [0.717, 1.165) is 23.6 Å². The number of alkyl halides is 3. The molecule has 0 aliphatic rings. The van der Waals surface area contributed by atoms with Crippen LogP contribution in [0, 0.1) is 6.92 Å². The van der Waals surface area contributed by atoms with Crippen molar-refractivity contribution in [2.45, 2.75) is 13.1 Å². The molecule has 2 N–H and O–H groups in total. The van der Waals surface area contributed by atoms with Gasteiger partial charge in [0.15, 0.2) is 0 Å². The number of halogens is 5. The number of rotatable bonds is 7. The van der Waals surface area contributed by atoms with E-state index in [1.807, 2.05) is 35.9 Å². The number of nitrogens with zero attached hydrogens (tertiary/aromatic N) is 4. The van der Waals surface area contributed by atoms with Crippen molar-refractivity contribution in [3.05, 3.63) is 82.5 Å². The lowest BCUT2D eigenvalue weighted by atomic mass is 10.1. The van der Waals surface area contributed by atoms with Crippen molar-refractivity contribution < 1.29 is 13.2 Å². The van der Waals surface area contributed by atoms with Crippen molar-refractivity contribution in [1.82, 2.24) is 19.5 Å². The van der Waals surface area contributed by atoms with Gasteiger partial charge in [-0.2, -0.15) is 13.2 Å². The molecular formula is C23H19Cl2F3N6. The van der Waals surface area contributed by atoms with E-state index >= 15 is 0 Å². The smallest absolute Gasteiger partial charge is 0.368 e. The zero-order valence-electron chi connectivity index (χ0n) is 17.9. The SMILES string of the molecule is Cc1cn(-c2ccc(NCCNc3ccc(C(F)(F)F)cn3)nc2-c2ccc(Cl)cc2Cl)cn1. The van der Waals surface area contributed by atoms with E-state index in [0.29, 0.717) is 46.0 Å². The third-order valence-electron chi connectivity index (χ3n) is 4.88. The molecule has 0 spiro atoms. The molecule has 0 radical (unpaired) electrons. The zero-order chi connectivity index (χ0) is 24.3. The third kappa shape index (κ3) is 5.60. The fourth-order valence-corrected chi connectivity index (χ4v) is 3.74. The fraction of sp³-hybridized carbons (Fsp3) is 0.174. The van der Waals surface area contributed by atoms with E-state index in [-0.39, 0.29) is 0 Å². The van der Waals surface area contributed by atoms with E-state index in [4.69, 9.17) is 28.2 Å². The lowest BCUT2D eigenvalue weighted by Gasteiger charge is -2.14. The lowest BCUT2D eigenvalue weighted by Crippen LogP contribution is -2.15. The van der Waals surface area contributed by atoms with E-state index in [2.05, 4.69) is 20.6 Å². The van der Waals surface area contributed by atoms with Gasteiger partial charge in [0.25, 0.3) is 0 Å². The summed E-state index contributed by atoms with van der Waals surface area (Å²) >= 11 is 12.5. The highest BCUT2D eigenvalue weighted by molar-refractivity contribution is 6.36. The Labute approximate surface area is 203 Å². The Kier molecular flexibility index (Phi) is 6.95. The molecule has 176 valence electrons. The second-order valence-corrected chi connectivity index (χ2v) is 8.24. The van der Waals surface area contributed by atoms with Crippen LogP contribution in [0.4, 0.5) is 24.8 Å².